The molecule has 3 N–H and O–H groups in total. The molecule has 0 aromatic heterocycles. The molecule has 9 aromatic rings. The Labute approximate surface area is 607 Å². The van der Waals surface area contributed by atoms with Crippen molar-refractivity contribution < 1.29 is 67.4 Å². The number of fused-ring (bicyclic) bond motifs is 3. The average molecular weight is 1430 g/mol. The van der Waals surface area contributed by atoms with Crippen LogP contribution in [0.1, 0.15) is 145 Å². The highest BCUT2D eigenvalue weighted by Gasteiger charge is 2.28. The van der Waals surface area contributed by atoms with Gasteiger partial charge < -0.3 is 53.0 Å². The highest BCUT2D eigenvalue weighted by atomic mass is 79.9. The third-order valence-corrected chi connectivity index (χ3v) is 18.4. The molecule has 6 atom stereocenters. The number of aryl methyl sites for hydroxylation is 3. The van der Waals surface area contributed by atoms with Crippen LogP contribution < -0.4 is 33.9 Å². The van der Waals surface area contributed by atoms with Crippen molar-refractivity contribution in [3.05, 3.63) is 255 Å². The van der Waals surface area contributed by atoms with Crippen LogP contribution in [0.3, 0.4) is 0 Å². The molecule has 3 unspecified atom stereocenters. The number of carbonyl (C=O) groups excluding carboxylic acids is 2. The molecular formula is C86H84BBrO14. The Morgan fingerprint density at radius 1 is 0.422 bits per heavy atom. The van der Waals surface area contributed by atoms with Crippen molar-refractivity contribution in [1.82, 2.24) is 0 Å². The van der Waals surface area contributed by atoms with Gasteiger partial charge in [0.1, 0.15) is 52.8 Å². The average Bonchev–Trinajstić information content (AvgIpc) is 1.61. The standard InChI is InChI=1S/C29H28O4.C28H26O4.C22H21BrO3.C7H9BO3/c1-4-6-21(19-29(30)32-3)20-9-13-25(14-10-20)33-28-16-12-24-17-23(11-15-27(24)28)22-7-5-8-26(18-22)31-2;1-3-5-20(18-28(29)30)19-8-12-24(13-9-19)32-27-15-11-23-16-22(10-14-26(23)27)21-6-4-7-25(17-21)31-2;1-3-4-16(14-22(24)25-2)15-5-9-19(10-6-15)26-21-12-7-17-13-18(23)8-11-20(17)21;1-11-7-4-2-3-6(5-7)8(9)10/h5,7-11,13-15,17-18,21,28H,12,16,19H2,1-3H3;4,6-10,12-14,16-17,20,27H,11,15,18H2,1-2H3,(H,29,30);5-6,8-11,13,16,21H,7,12,14H2,1-2H3;2-5,9-10H,1H3/t21-,28?;20-,27?;16-,21?;/m111./s1. The van der Waals surface area contributed by atoms with Gasteiger partial charge >= 0.3 is 25.0 Å². The zero-order valence-corrected chi connectivity index (χ0v) is 60.3. The molecule has 0 spiro atoms. The summed E-state index contributed by atoms with van der Waals surface area (Å²) < 4.78 is 45.1. The number of rotatable bonds is 21. The van der Waals surface area contributed by atoms with Crippen molar-refractivity contribution in [3.63, 3.8) is 0 Å². The Morgan fingerprint density at radius 3 is 1.12 bits per heavy atom. The van der Waals surface area contributed by atoms with Crippen LogP contribution in [-0.2, 0) is 43.1 Å². The molecule has 0 aliphatic heterocycles. The maximum Gasteiger partial charge on any atom is 0.488 e. The Hall–Kier alpha value is -10.7. The van der Waals surface area contributed by atoms with Crippen molar-refractivity contribution >= 4 is 46.4 Å². The number of benzene rings is 9. The van der Waals surface area contributed by atoms with Gasteiger partial charge in [-0.05, 0) is 222 Å². The summed E-state index contributed by atoms with van der Waals surface area (Å²) in [4.78, 5) is 34.4. The van der Waals surface area contributed by atoms with Gasteiger partial charge in [-0.3, -0.25) is 14.4 Å². The summed E-state index contributed by atoms with van der Waals surface area (Å²) in [5.41, 5.74) is 15.7. The number of ether oxygens (including phenoxy) is 8. The Kier molecular flexibility index (Phi) is 27.9. The van der Waals surface area contributed by atoms with Gasteiger partial charge in [0.25, 0.3) is 0 Å². The van der Waals surface area contributed by atoms with Crippen LogP contribution in [0.15, 0.2) is 205 Å². The topological polar surface area (TPSA) is 186 Å². The van der Waals surface area contributed by atoms with Crippen LogP contribution in [-0.4, -0.2) is 75.7 Å². The molecule has 0 amide bonds. The monoisotopic (exact) mass is 1430 g/mol. The van der Waals surface area contributed by atoms with E-state index in [9.17, 15) is 14.4 Å². The Morgan fingerprint density at radius 2 is 0.765 bits per heavy atom. The minimum atomic E-state index is -1.43. The number of hydrogen-bond acceptors (Lipinski definition) is 13. The summed E-state index contributed by atoms with van der Waals surface area (Å²) in [6.45, 7) is 5.28. The molecule has 0 saturated heterocycles. The van der Waals surface area contributed by atoms with Gasteiger partial charge in [-0.2, -0.15) is 0 Å². The van der Waals surface area contributed by atoms with Crippen molar-refractivity contribution in [2.45, 2.75) is 115 Å². The molecule has 0 radical (unpaired) electrons. The summed E-state index contributed by atoms with van der Waals surface area (Å²) in [5.74, 6) is 20.5. The zero-order chi connectivity index (χ0) is 72.5. The lowest BCUT2D eigenvalue weighted by molar-refractivity contribution is -0.141. The summed E-state index contributed by atoms with van der Waals surface area (Å²) >= 11 is 3.52. The van der Waals surface area contributed by atoms with Crippen molar-refractivity contribution in [1.29, 1.82) is 0 Å². The molecule has 16 heteroatoms. The second-order valence-corrected chi connectivity index (χ2v) is 25.3. The fourth-order valence-electron chi connectivity index (χ4n) is 12.6. The normalized spacial score (nSPS) is 14.8. The number of hydrogen-bond donors (Lipinski definition) is 3. The molecule has 14 nitrogen and oxygen atoms in total. The second kappa shape index (κ2) is 37.7. The number of carboxylic acid groups (broad SMARTS) is 1. The smallest absolute Gasteiger partial charge is 0.488 e. The van der Waals surface area contributed by atoms with E-state index in [1.807, 2.05) is 103 Å². The highest BCUT2D eigenvalue weighted by Crippen LogP contribution is 2.41. The van der Waals surface area contributed by atoms with Gasteiger partial charge in [0, 0.05) is 4.47 Å². The van der Waals surface area contributed by atoms with E-state index in [1.54, 1.807) is 59.3 Å². The van der Waals surface area contributed by atoms with Crippen molar-refractivity contribution in [2.75, 3.05) is 35.5 Å². The zero-order valence-electron chi connectivity index (χ0n) is 58.7. The highest BCUT2D eigenvalue weighted by molar-refractivity contribution is 9.10. The van der Waals surface area contributed by atoms with Crippen LogP contribution in [0.4, 0.5) is 0 Å². The van der Waals surface area contributed by atoms with E-state index in [0.29, 0.717) is 11.2 Å². The maximum atomic E-state index is 11.7. The largest absolute Gasteiger partial charge is 0.497 e. The van der Waals surface area contributed by atoms with E-state index in [-0.39, 0.29) is 67.3 Å². The summed E-state index contributed by atoms with van der Waals surface area (Å²) in [6.07, 6.45) is 6.48. The molecule has 3 aliphatic carbocycles. The first kappa shape index (κ1) is 75.5. The van der Waals surface area contributed by atoms with Crippen LogP contribution in [0.2, 0.25) is 0 Å². The first-order valence-electron chi connectivity index (χ1n) is 33.8. The number of esters is 2. The van der Waals surface area contributed by atoms with Gasteiger partial charge in [0.2, 0.25) is 0 Å². The molecule has 0 fully saturated rings. The van der Waals surface area contributed by atoms with E-state index < -0.39 is 13.1 Å². The van der Waals surface area contributed by atoms with Gasteiger partial charge in [0.05, 0.1) is 72.6 Å². The molecule has 0 heterocycles. The maximum absolute atomic E-state index is 11.7. The summed E-state index contributed by atoms with van der Waals surface area (Å²) in [5, 5.41) is 26.6. The minimum Gasteiger partial charge on any atom is -0.497 e. The summed E-state index contributed by atoms with van der Waals surface area (Å²) in [6, 6.07) is 65.7. The van der Waals surface area contributed by atoms with Crippen molar-refractivity contribution in [3.8, 4) is 92.3 Å². The van der Waals surface area contributed by atoms with Crippen LogP contribution >= 0.6 is 15.9 Å². The van der Waals surface area contributed by atoms with Crippen LogP contribution in [0.25, 0.3) is 22.3 Å². The molecule has 3 aliphatic rings. The molecule has 9 aromatic carbocycles. The Bertz CT molecular complexity index is 4520. The predicted molar refractivity (Wildman–Crippen MR) is 402 cm³/mol. The van der Waals surface area contributed by atoms with Gasteiger partial charge in [-0.25, -0.2) is 0 Å². The number of carbonyl (C=O) groups is 3. The first-order valence-corrected chi connectivity index (χ1v) is 34.6. The number of carboxylic acids is 1. The fraction of sp³-hybridized carbons (Fsp3) is 0.267. The lowest BCUT2D eigenvalue weighted by Crippen LogP contribution is -2.29. The van der Waals surface area contributed by atoms with Crippen LogP contribution in [0.5, 0.6) is 34.5 Å². The molecule has 0 saturated carbocycles. The summed E-state index contributed by atoms with van der Waals surface area (Å²) in [7, 11) is 6.27. The van der Waals surface area contributed by atoms with E-state index in [0.717, 1.165) is 99.6 Å². The van der Waals surface area contributed by atoms with E-state index in [1.165, 1.54) is 65.8 Å². The molecule has 0 bridgehead atoms. The number of methoxy groups -OCH3 is 5. The Balaban J connectivity index is 0.000000166. The van der Waals surface area contributed by atoms with Gasteiger partial charge in [-0.15, -0.1) is 17.8 Å². The predicted octanol–water partition coefficient (Wildman–Crippen LogP) is 16.7. The van der Waals surface area contributed by atoms with E-state index in [4.69, 9.17) is 53.0 Å². The quantitative estimate of drug-likeness (QED) is 0.0350. The SMILES string of the molecule is CC#C[C@H](CC(=O)O)c1ccc(OC2CCc3cc(-c4cccc(OC)c4)ccc32)cc1.CC#C[C@H](CC(=O)OC)c1ccc(OC2CCc3cc(-c4cccc(OC)c4)ccc32)cc1.CC#C[C@H](CC(=O)OC)c1ccc(OC2CCc3cc(Br)ccc32)cc1.COc1cccc(B(O)O)c1. The van der Waals surface area contributed by atoms with Gasteiger partial charge in [-0.1, -0.05) is 149 Å². The van der Waals surface area contributed by atoms with Gasteiger partial charge in [0.15, 0.2) is 0 Å². The third-order valence-electron chi connectivity index (χ3n) is 17.9. The molecule has 102 heavy (non-hydrogen) atoms. The van der Waals surface area contributed by atoms with Crippen molar-refractivity contribution in [2.24, 2.45) is 0 Å². The lowest BCUT2D eigenvalue weighted by Gasteiger charge is -2.17. The number of halogens is 1. The molecular weight excluding hydrogens is 1350 g/mol. The van der Waals surface area contributed by atoms with Crippen LogP contribution in [0, 0.1) is 35.5 Å². The van der Waals surface area contributed by atoms with E-state index >= 15 is 0 Å². The fourth-order valence-corrected chi connectivity index (χ4v) is 13.0. The molecule has 522 valence electrons. The van der Waals surface area contributed by atoms with E-state index in [2.05, 4.69) is 124 Å². The number of aliphatic carboxylic acids is 1. The third kappa shape index (κ3) is 21.0. The first-order chi connectivity index (χ1) is 49.5. The minimum absolute atomic E-state index is 0.00728. The molecule has 12 rings (SSSR count). The lowest BCUT2D eigenvalue weighted by atomic mass is 9.80. The second-order valence-electron chi connectivity index (χ2n) is 24.4.